The summed E-state index contributed by atoms with van der Waals surface area (Å²) in [4.78, 5) is 11.6. The number of benzene rings is 2. The van der Waals surface area contributed by atoms with Gasteiger partial charge in [0.25, 0.3) is 0 Å². The van der Waals surface area contributed by atoms with Gasteiger partial charge in [0.05, 0.1) is 5.75 Å². The number of carbonyl (C=O) groups excluding carboxylic acids is 1. The van der Waals surface area contributed by atoms with Crippen molar-refractivity contribution >= 4 is 17.7 Å². The maximum atomic E-state index is 11.6. The lowest BCUT2D eigenvalue weighted by Gasteiger charge is -2.18. The quantitative estimate of drug-likeness (QED) is 0.845. The second-order valence-corrected chi connectivity index (χ2v) is 5.81. The van der Waals surface area contributed by atoms with Crippen LogP contribution in [-0.4, -0.2) is 24.5 Å². The molecule has 0 fully saturated rings. The van der Waals surface area contributed by atoms with Crippen molar-refractivity contribution in [1.29, 1.82) is 0 Å². The molecule has 2 rings (SSSR count). The first-order valence-corrected chi connectivity index (χ1v) is 8.56. The van der Waals surface area contributed by atoms with Crippen molar-refractivity contribution in [1.82, 2.24) is 5.32 Å². The Labute approximate surface area is 131 Å². The van der Waals surface area contributed by atoms with Gasteiger partial charge in [-0.25, -0.2) is 0 Å². The van der Waals surface area contributed by atoms with Crippen LogP contribution in [0.1, 0.15) is 23.5 Å². The lowest BCUT2D eigenvalue weighted by molar-refractivity contribution is -0.118. The third kappa shape index (κ3) is 4.94. The van der Waals surface area contributed by atoms with E-state index in [2.05, 4.69) is 53.8 Å². The third-order valence-corrected chi connectivity index (χ3v) is 3.99. The second-order valence-electron chi connectivity index (χ2n) is 4.95. The molecule has 0 heterocycles. The summed E-state index contributed by atoms with van der Waals surface area (Å²) >= 11 is 1.55. The van der Waals surface area contributed by atoms with E-state index in [4.69, 9.17) is 0 Å². The molecule has 0 aliphatic heterocycles. The molecule has 3 heteroatoms. The van der Waals surface area contributed by atoms with Crippen LogP contribution in [0.5, 0.6) is 0 Å². The molecule has 0 bridgehead atoms. The normalized spacial score (nSPS) is 10.6. The molecule has 2 aromatic rings. The molecule has 0 saturated heterocycles. The van der Waals surface area contributed by atoms with E-state index in [-0.39, 0.29) is 5.91 Å². The third-order valence-electron chi connectivity index (χ3n) is 3.43. The molecular formula is C18H21NOS. The average Bonchev–Trinajstić information content (AvgIpc) is 2.53. The van der Waals surface area contributed by atoms with Gasteiger partial charge in [0, 0.05) is 12.5 Å². The van der Waals surface area contributed by atoms with Gasteiger partial charge >= 0.3 is 0 Å². The van der Waals surface area contributed by atoms with Crippen molar-refractivity contribution in [3.8, 4) is 0 Å². The van der Waals surface area contributed by atoms with Gasteiger partial charge in [-0.05, 0) is 23.8 Å². The lowest BCUT2D eigenvalue weighted by Crippen LogP contribution is -2.27. The Balaban J connectivity index is 2.05. The standard InChI is InChI=1S/C18H21NOS/c1-21-14-18(20)19-13-12-17(15-8-4-2-5-9-15)16-10-6-3-7-11-16/h2-11,17H,12-14H2,1H3,(H,19,20). The highest BCUT2D eigenvalue weighted by atomic mass is 32.2. The summed E-state index contributed by atoms with van der Waals surface area (Å²) in [6.45, 7) is 0.702. The number of hydrogen-bond acceptors (Lipinski definition) is 2. The Hall–Kier alpha value is -1.74. The van der Waals surface area contributed by atoms with Gasteiger partial charge in [0.1, 0.15) is 0 Å². The van der Waals surface area contributed by atoms with Crippen molar-refractivity contribution in [2.75, 3.05) is 18.6 Å². The van der Waals surface area contributed by atoms with Gasteiger partial charge in [0.2, 0.25) is 5.91 Å². The number of nitrogens with one attached hydrogen (secondary N) is 1. The van der Waals surface area contributed by atoms with E-state index in [1.165, 1.54) is 11.1 Å². The summed E-state index contributed by atoms with van der Waals surface area (Å²) < 4.78 is 0. The highest BCUT2D eigenvalue weighted by Gasteiger charge is 2.13. The van der Waals surface area contributed by atoms with Crippen molar-refractivity contribution in [2.45, 2.75) is 12.3 Å². The van der Waals surface area contributed by atoms with E-state index >= 15 is 0 Å². The fourth-order valence-electron chi connectivity index (χ4n) is 2.43. The number of hydrogen-bond donors (Lipinski definition) is 1. The average molecular weight is 299 g/mol. The first-order valence-electron chi connectivity index (χ1n) is 7.17. The molecule has 0 aliphatic carbocycles. The Morgan fingerprint density at radius 1 is 1.00 bits per heavy atom. The van der Waals surface area contributed by atoms with Gasteiger partial charge < -0.3 is 5.32 Å². The van der Waals surface area contributed by atoms with Gasteiger partial charge in [-0.15, -0.1) is 0 Å². The van der Waals surface area contributed by atoms with Gasteiger partial charge in [-0.3, -0.25) is 4.79 Å². The van der Waals surface area contributed by atoms with Gasteiger partial charge in [0.15, 0.2) is 0 Å². The van der Waals surface area contributed by atoms with Crippen LogP contribution in [-0.2, 0) is 4.79 Å². The second kappa shape index (κ2) is 8.53. The van der Waals surface area contributed by atoms with Crippen molar-refractivity contribution in [3.05, 3.63) is 71.8 Å². The Morgan fingerprint density at radius 2 is 1.52 bits per heavy atom. The Bertz CT molecular complexity index is 502. The maximum Gasteiger partial charge on any atom is 0.229 e. The highest BCUT2D eigenvalue weighted by molar-refractivity contribution is 7.99. The SMILES string of the molecule is CSCC(=O)NCCC(c1ccccc1)c1ccccc1. The monoisotopic (exact) mass is 299 g/mol. The molecular weight excluding hydrogens is 278 g/mol. The van der Waals surface area contributed by atoms with E-state index in [1.54, 1.807) is 11.8 Å². The minimum Gasteiger partial charge on any atom is -0.355 e. The molecule has 110 valence electrons. The summed E-state index contributed by atoms with van der Waals surface area (Å²) in [6, 6.07) is 21.0. The van der Waals surface area contributed by atoms with Crippen LogP contribution in [0.4, 0.5) is 0 Å². The van der Waals surface area contributed by atoms with Gasteiger partial charge in [-0.2, -0.15) is 11.8 Å². The summed E-state index contributed by atoms with van der Waals surface area (Å²) in [5.74, 6) is 0.964. The first kappa shape index (κ1) is 15.6. The van der Waals surface area contributed by atoms with Crippen LogP contribution in [0.3, 0.4) is 0 Å². The summed E-state index contributed by atoms with van der Waals surface area (Å²) in [5.41, 5.74) is 2.59. The smallest absolute Gasteiger partial charge is 0.229 e. The maximum absolute atomic E-state index is 11.6. The zero-order valence-corrected chi connectivity index (χ0v) is 13.1. The molecule has 0 unspecified atom stereocenters. The predicted octanol–water partition coefficient (Wildman–Crippen LogP) is 3.69. The van der Waals surface area contributed by atoms with E-state index < -0.39 is 0 Å². The zero-order chi connectivity index (χ0) is 14.9. The molecule has 0 spiro atoms. The molecule has 1 amide bonds. The number of rotatable bonds is 7. The fourth-order valence-corrected chi connectivity index (χ4v) is 2.80. The zero-order valence-electron chi connectivity index (χ0n) is 12.3. The Kier molecular flexibility index (Phi) is 6.35. The number of amides is 1. The van der Waals surface area contributed by atoms with Crippen LogP contribution in [0.25, 0.3) is 0 Å². The van der Waals surface area contributed by atoms with E-state index in [1.807, 2.05) is 18.4 Å². The van der Waals surface area contributed by atoms with Gasteiger partial charge in [-0.1, -0.05) is 60.7 Å². The van der Waals surface area contributed by atoms with Crippen LogP contribution >= 0.6 is 11.8 Å². The van der Waals surface area contributed by atoms with Crippen molar-refractivity contribution in [3.63, 3.8) is 0 Å². The molecule has 1 N–H and O–H groups in total. The first-order chi connectivity index (χ1) is 10.3. The van der Waals surface area contributed by atoms with Crippen LogP contribution < -0.4 is 5.32 Å². The fraction of sp³-hybridized carbons (Fsp3) is 0.278. The number of thioether (sulfide) groups is 1. The van der Waals surface area contributed by atoms with E-state index in [0.717, 1.165) is 6.42 Å². The summed E-state index contributed by atoms with van der Waals surface area (Å²) in [7, 11) is 0. The molecule has 0 aromatic heterocycles. The molecule has 0 radical (unpaired) electrons. The van der Waals surface area contributed by atoms with Crippen molar-refractivity contribution < 1.29 is 4.79 Å². The molecule has 21 heavy (non-hydrogen) atoms. The minimum absolute atomic E-state index is 0.113. The van der Waals surface area contributed by atoms with Crippen LogP contribution in [0.2, 0.25) is 0 Å². The number of carbonyl (C=O) groups is 1. The molecule has 2 nitrogen and oxygen atoms in total. The minimum atomic E-state index is 0.113. The lowest BCUT2D eigenvalue weighted by atomic mass is 9.88. The summed E-state index contributed by atoms with van der Waals surface area (Å²) in [5, 5.41) is 2.99. The van der Waals surface area contributed by atoms with E-state index in [0.29, 0.717) is 18.2 Å². The topological polar surface area (TPSA) is 29.1 Å². The van der Waals surface area contributed by atoms with Crippen LogP contribution in [0, 0.1) is 0 Å². The van der Waals surface area contributed by atoms with Crippen LogP contribution in [0.15, 0.2) is 60.7 Å². The molecule has 2 aromatic carbocycles. The predicted molar refractivity (Wildman–Crippen MR) is 90.7 cm³/mol. The van der Waals surface area contributed by atoms with Crippen molar-refractivity contribution in [2.24, 2.45) is 0 Å². The Morgan fingerprint density at radius 3 is 2.00 bits per heavy atom. The molecule has 0 aliphatic rings. The molecule has 0 atom stereocenters. The van der Waals surface area contributed by atoms with E-state index in [9.17, 15) is 4.79 Å². The molecule has 0 saturated carbocycles. The highest BCUT2D eigenvalue weighted by Crippen LogP contribution is 2.27. The summed E-state index contributed by atoms with van der Waals surface area (Å²) in [6.07, 6.45) is 2.85. The largest absolute Gasteiger partial charge is 0.355 e.